The minimum Gasteiger partial charge on any atom is -0.0828 e. The van der Waals surface area contributed by atoms with Gasteiger partial charge in [0.25, 0.3) is 0 Å². The summed E-state index contributed by atoms with van der Waals surface area (Å²) in [6, 6.07) is 0. The van der Waals surface area contributed by atoms with Gasteiger partial charge < -0.3 is 0 Å². The summed E-state index contributed by atoms with van der Waals surface area (Å²) in [6.07, 6.45) is 8.18. The molecule has 0 saturated heterocycles. The number of allylic oxidation sites excluding steroid dienone is 2. The van der Waals surface area contributed by atoms with Crippen molar-refractivity contribution in [2.75, 3.05) is 0 Å². The van der Waals surface area contributed by atoms with Gasteiger partial charge in [-0.05, 0) is 44.9 Å². The number of hydrogen-bond donors (Lipinski definition) is 0. The van der Waals surface area contributed by atoms with E-state index >= 15 is 0 Å². The maximum Gasteiger partial charge on any atom is -0.0228 e. The van der Waals surface area contributed by atoms with Crippen LogP contribution in [0.3, 0.4) is 0 Å². The Balaban J connectivity index is 2.36. The topological polar surface area (TPSA) is 0 Å². The molecule has 0 heteroatoms. The molecule has 1 fully saturated rings. The molecule has 1 aliphatic carbocycles. The first-order valence-electron chi connectivity index (χ1n) is 4.87. The zero-order valence-electron chi connectivity index (χ0n) is 8.06. The predicted molar refractivity (Wildman–Crippen MR) is 50.6 cm³/mol. The Labute approximate surface area is 70.7 Å². The molecule has 0 heterocycles. The van der Waals surface area contributed by atoms with Crippen LogP contribution in [0.2, 0.25) is 0 Å². The molecule has 0 aromatic heterocycles. The second-order valence-corrected chi connectivity index (χ2v) is 4.09. The van der Waals surface area contributed by atoms with Gasteiger partial charge in [0.15, 0.2) is 0 Å². The summed E-state index contributed by atoms with van der Waals surface area (Å²) < 4.78 is 0. The highest BCUT2D eigenvalue weighted by molar-refractivity contribution is 4.99. The first kappa shape index (κ1) is 8.83. The Morgan fingerprint density at radius 1 is 1.36 bits per heavy atom. The largest absolute Gasteiger partial charge is 0.0828 e. The SMILES string of the molecule is CCC1CCC(C=C(C)C)C1. The Bertz CT molecular complexity index is 140. The van der Waals surface area contributed by atoms with Crippen LogP contribution in [0.4, 0.5) is 0 Å². The lowest BCUT2D eigenvalue weighted by molar-refractivity contribution is 0.515. The highest BCUT2D eigenvalue weighted by atomic mass is 14.3. The highest BCUT2D eigenvalue weighted by Crippen LogP contribution is 2.33. The Kier molecular flexibility index (Phi) is 3.16. The van der Waals surface area contributed by atoms with Gasteiger partial charge in [-0.1, -0.05) is 25.0 Å². The standard InChI is InChI=1S/C11H20/c1-4-10-5-6-11(8-10)7-9(2)3/h7,10-11H,4-6,8H2,1-3H3. The third-order valence-electron chi connectivity index (χ3n) is 2.73. The number of rotatable bonds is 2. The molecule has 0 aliphatic heterocycles. The molecule has 1 saturated carbocycles. The third kappa shape index (κ3) is 2.69. The minimum atomic E-state index is 0.907. The van der Waals surface area contributed by atoms with Gasteiger partial charge in [-0.2, -0.15) is 0 Å². The Hall–Kier alpha value is -0.260. The average Bonchev–Trinajstić information content (AvgIpc) is 2.34. The molecule has 0 N–H and O–H groups in total. The molecule has 64 valence electrons. The van der Waals surface area contributed by atoms with E-state index < -0.39 is 0 Å². The van der Waals surface area contributed by atoms with E-state index in [1.165, 1.54) is 31.3 Å². The van der Waals surface area contributed by atoms with Crippen molar-refractivity contribution in [3.8, 4) is 0 Å². The summed E-state index contributed by atoms with van der Waals surface area (Å²) in [4.78, 5) is 0. The van der Waals surface area contributed by atoms with Gasteiger partial charge in [-0.25, -0.2) is 0 Å². The molecule has 2 atom stereocenters. The van der Waals surface area contributed by atoms with Crippen molar-refractivity contribution in [2.45, 2.75) is 46.5 Å². The van der Waals surface area contributed by atoms with E-state index in [4.69, 9.17) is 0 Å². The van der Waals surface area contributed by atoms with Gasteiger partial charge in [0.2, 0.25) is 0 Å². The smallest absolute Gasteiger partial charge is 0.0228 e. The molecule has 1 aliphatic rings. The van der Waals surface area contributed by atoms with Crippen molar-refractivity contribution in [1.29, 1.82) is 0 Å². The molecule has 0 bridgehead atoms. The summed E-state index contributed by atoms with van der Waals surface area (Å²) in [7, 11) is 0. The molecule has 0 radical (unpaired) electrons. The van der Waals surface area contributed by atoms with Crippen LogP contribution in [-0.2, 0) is 0 Å². The normalized spacial score (nSPS) is 30.5. The lowest BCUT2D eigenvalue weighted by atomic mass is 10.0. The van der Waals surface area contributed by atoms with Crippen LogP contribution >= 0.6 is 0 Å². The Morgan fingerprint density at radius 2 is 2.09 bits per heavy atom. The second-order valence-electron chi connectivity index (χ2n) is 4.09. The third-order valence-corrected chi connectivity index (χ3v) is 2.73. The maximum atomic E-state index is 2.45. The van der Waals surface area contributed by atoms with Gasteiger partial charge in [0.05, 0.1) is 0 Å². The zero-order valence-corrected chi connectivity index (χ0v) is 8.06. The van der Waals surface area contributed by atoms with Crippen LogP contribution in [0, 0.1) is 11.8 Å². The van der Waals surface area contributed by atoms with Gasteiger partial charge in [-0.3, -0.25) is 0 Å². The van der Waals surface area contributed by atoms with Crippen LogP contribution in [0.5, 0.6) is 0 Å². The van der Waals surface area contributed by atoms with Crippen LogP contribution in [-0.4, -0.2) is 0 Å². The molecule has 0 aromatic rings. The lowest BCUT2D eigenvalue weighted by Gasteiger charge is -2.05. The average molecular weight is 152 g/mol. The molecule has 11 heavy (non-hydrogen) atoms. The van der Waals surface area contributed by atoms with Crippen molar-refractivity contribution in [2.24, 2.45) is 11.8 Å². The molecular formula is C11H20. The molecular weight excluding hydrogens is 132 g/mol. The van der Waals surface area contributed by atoms with E-state index in [2.05, 4.69) is 26.8 Å². The highest BCUT2D eigenvalue weighted by Gasteiger charge is 2.20. The zero-order chi connectivity index (χ0) is 8.27. The van der Waals surface area contributed by atoms with Crippen molar-refractivity contribution in [3.63, 3.8) is 0 Å². The van der Waals surface area contributed by atoms with Crippen LogP contribution in [0.15, 0.2) is 11.6 Å². The fourth-order valence-electron chi connectivity index (χ4n) is 2.11. The summed E-state index contributed by atoms with van der Waals surface area (Å²) in [5.41, 5.74) is 1.49. The fourth-order valence-corrected chi connectivity index (χ4v) is 2.11. The fraction of sp³-hybridized carbons (Fsp3) is 0.818. The molecule has 0 amide bonds. The van der Waals surface area contributed by atoms with Gasteiger partial charge in [-0.15, -0.1) is 0 Å². The van der Waals surface area contributed by atoms with E-state index in [0.29, 0.717) is 0 Å². The summed E-state index contributed by atoms with van der Waals surface area (Å²) in [5, 5.41) is 0. The quantitative estimate of drug-likeness (QED) is 0.528. The summed E-state index contributed by atoms with van der Waals surface area (Å²) >= 11 is 0. The molecule has 0 aromatic carbocycles. The predicted octanol–water partition coefficient (Wildman–Crippen LogP) is 3.78. The van der Waals surface area contributed by atoms with Crippen molar-refractivity contribution in [1.82, 2.24) is 0 Å². The van der Waals surface area contributed by atoms with Gasteiger partial charge >= 0.3 is 0 Å². The summed E-state index contributed by atoms with van der Waals surface area (Å²) in [5.74, 6) is 1.93. The van der Waals surface area contributed by atoms with Crippen molar-refractivity contribution in [3.05, 3.63) is 11.6 Å². The first-order valence-corrected chi connectivity index (χ1v) is 4.87. The van der Waals surface area contributed by atoms with E-state index in [1.54, 1.807) is 0 Å². The van der Waals surface area contributed by atoms with E-state index in [9.17, 15) is 0 Å². The molecule has 0 spiro atoms. The second kappa shape index (κ2) is 3.94. The van der Waals surface area contributed by atoms with Crippen molar-refractivity contribution < 1.29 is 0 Å². The van der Waals surface area contributed by atoms with Crippen LogP contribution < -0.4 is 0 Å². The minimum absolute atomic E-state index is 0.907. The maximum absolute atomic E-state index is 2.45. The molecule has 0 nitrogen and oxygen atoms in total. The van der Waals surface area contributed by atoms with E-state index in [0.717, 1.165) is 11.8 Å². The van der Waals surface area contributed by atoms with Crippen LogP contribution in [0.25, 0.3) is 0 Å². The van der Waals surface area contributed by atoms with Crippen LogP contribution in [0.1, 0.15) is 46.5 Å². The van der Waals surface area contributed by atoms with Gasteiger partial charge in [0.1, 0.15) is 0 Å². The monoisotopic (exact) mass is 152 g/mol. The van der Waals surface area contributed by atoms with E-state index in [-0.39, 0.29) is 0 Å². The number of hydrogen-bond acceptors (Lipinski definition) is 0. The lowest BCUT2D eigenvalue weighted by Crippen LogP contribution is -1.92. The Morgan fingerprint density at radius 3 is 2.55 bits per heavy atom. The first-order chi connectivity index (χ1) is 5.22. The van der Waals surface area contributed by atoms with Gasteiger partial charge in [0, 0.05) is 0 Å². The van der Waals surface area contributed by atoms with E-state index in [1.807, 2.05) is 0 Å². The van der Waals surface area contributed by atoms with Crippen molar-refractivity contribution >= 4 is 0 Å². The molecule has 2 unspecified atom stereocenters. The molecule has 1 rings (SSSR count). The summed E-state index contributed by atoms with van der Waals surface area (Å²) in [6.45, 7) is 6.73.